The van der Waals surface area contributed by atoms with Gasteiger partial charge < -0.3 is 9.84 Å². The number of carboxylic acid groups (broad SMARTS) is 1. The standard InChI is InChI=1S/C11H10N2O5S2/c1-18-8-5-3-2-4-7(8)13(20(16)17)10-9(11(14)15)12-6-19-10/h2-6,20H,1H3,(H,14,15). The third-order valence-corrected chi connectivity index (χ3v) is 4.11. The van der Waals surface area contributed by atoms with Crippen LogP contribution in [0.25, 0.3) is 0 Å². The molecule has 0 fully saturated rings. The Labute approximate surface area is 120 Å². The van der Waals surface area contributed by atoms with Crippen LogP contribution in [0.4, 0.5) is 10.7 Å². The van der Waals surface area contributed by atoms with Crippen LogP contribution in [-0.4, -0.2) is 31.6 Å². The lowest BCUT2D eigenvalue weighted by Gasteiger charge is -2.18. The number of benzene rings is 1. The van der Waals surface area contributed by atoms with Gasteiger partial charge in [-0.05, 0) is 12.1 Å². The minimum atomic E-state index is -3.09. The molecule has 20 heavy (non-hydrogen) atoms. The number of carbonyl (C=O) groups is 1. The van der Waals surface area contributed by atoms with Crippen LogP contribution >= 0.6 is 11.3 Å². The van der Waals surface area contributed by atoms with Gasteiger partial charge in [-0.15, -0.1) is 11.3 Å². The summed E-state index contributed by atoms with van der Waals surface area (Å²) in [5, 5.41) is 9.06. The number of ether oxygens (including phenoxy) is 1. The molecule has 0 amide bonds. The van der Waals surface area contributed by atoms with Gasteiger partial charge in [0.15, 0.2) is 5.69 Å². The van der Waals surface area contributed by atoms with E-state index < -0.39 is 16.9 Å². The van der Waals surface area contributed by atoms with E-state index in [0.717, 1.165) is 15.6 Å². The number of anilines is 2. The highest BCUT2D eigenvalue weighted by Crippen LogP contribution is 2.37. The van der Waals surface area contributed by atoms with E-state index >= 15 is 0 Å². The van der Waals surface area contributed by atoms with Crippen LogP contribution < -0.4 is 9.04 Å². The van der Waals surface area contributed by atoms with E-state index in [4.69, 9.17) is 9.84 Å². The Morgan fingerprint density at radius 3 is 2.70 bits per heavy atom. The molecule has 2 rings (SSSR count). The molecule has 0 unspecified atom stereocenters. The van der Waals surface area contributed by atoms with Crippen molar-refractivity contribution in [3.63, 3.8) is 0 Å². The van der Waals surface area contributed by atoms with Crippen LogP contribution in [0.1, 0.15) is 10.5 Å². The normalized spacial score (nSPS) is 10.5. The molecule has 2 aromatic rings. The first-order valence-electron chi connectivity index (χ1n) is 5.30. The lowest BCUT2D eigenvalue weighted by Crippen LogP contribution is -2.17. The summed E-state index contributed by atoms with van der Waals surface area (Å²) in [4.78, 5) is 14.8. The van der Waals surface area contributed by atoms with Crippen LogP contribution in [0, 0.1) is 0 Å². The Kier molecular flexibility index (Phi) is 4.20. The van der Waals surface area contributed by atoms with Gasteiger partial charge in [-0.1, -0.05) is 12.1 Å². The fourth-order valence-electron chi connectivity index (χ4n) is 1.61. The summed E-state index contributed by atoms with van der Waals surface area (Å²) in [5.74, 6) is -0.977. The molecule has 7 nitrogen and oxygen atoms in total. The topological polar surface area (TPSA) is 96.8 Å². The minimum absolute atomic E-state index is 0.0121. The summed E-state index contributed by atoms with van der Waals surface area (Å²) in [6.45, 7) is 0. The van der Waals surface area contributed by atoms with Gasteiger partial charge in [-0.2, -0.15) is 0 Å². The van der Waals surface area contributed by atoms with Gasteiger partial charge in [0, 0.05) is 0 Å². The molecule has 0 radical (unpaired) electrons. The second-order valence-corrected chi connectivity index (χ2v) is 5.24. The van der Waals surface area contributed by atoms with E-state index in [2.05, 4.69) is 4.98 Å². The number of hydrogen-bond acceptors (Lipinski definition) is 6. The first kappa shape index (κ1) is 14.3. The first-order valence-corrected chi connectivity index (χ1v) is 7.31. The second kappa shape index (κ2) is 5.88. The van der Waals surface area contributed by atoms with Crippen LogP contribution in [0.2, 0.25) is 0 Å². The molecule has 1 aromatic carbocycles. The third kappa shape index (κ3) is 2.58. The Morgan fingerprint density at radius 2 is 2.10 bits per heavy atom. The molecule has 1 N–H and O–H groups in total. The molecule has 1 heterocycles. The van der Waals surface area contributed by atoms with Gasteiger partial charge in [0.2, 0.25) is 10.9 Å². The molecule has 0 aliphatic carbocycles. The van der Waals surface area contributed by atoms with Gasteiger partial charge in [0.05, 0.1) is 18.3 Å². The van der Waals surface area contributed by atoms with Crippen molar-refractivity contribution in [2.75, 3.05) is 11.4 Å². The van der Waals surface area contributed by atoms with E-state index in [-0.39, 0.29) is 16.4 Å². The average Bonchev–Trinajstić information content (AvgIpc) is 2.88. The molecular weight excluding hydrogens is 304 g/mol. The SMILES string of the molecule is COc1ccccc1N(c1scnc1C(=O)O)[SH](=O)=O. The molecule has 0 bridgehead atoms. The maximum absolute atomic E-state index is 11.5. The molecule has 0 aliphatic heterocycles. The van der Waals surface area contributed by atoms with Gasteiger partial charge >= 0.3 is 5.97 Å². The fraction of sp³-hybridized carbons (Fsp3) is 0.0909. The van der Waals surface area contributed by atoms with E-state index in [0.29, 0.717) is 5.75 Å². The summed E-state index contributed by atoms with van der Waals surface area (Å²) in [6.07, 6.45) is 0. The van der Waals surface area contributed by atoms with Crippen LogP contribution in [0.3, 0.4) is 0 Å². The highest BCUT2D eigenvalue weighted by molar-refractivity contribution is 7.74. The molecule has 0 atom stereocenters. The lowest BCUT2D eigenvalue weighted by atomic mass is 10.3. The predicted molar refractivity (Wildman–Crippen MR) is 74.5 cm³/mol. The quantitative estimate of drug-likeness (QED) is 0.812. The summed E-state index contributed by atoms with van der Waals surface area (Å²) in [6, 6.07) is 6.42. The van der Waals surface area contributed by atoms with Crippen molar-refractivity contribution < 1.29 is 23.1 Å². The maximum atomic E-state index is 11.5. The third-order valence-electron chi connectivity index (χ3n) is 2.42. The average molecular weight is 314 g/mol. The zero-order valence-corrected chi connectivity index (χ0v) is 11.9. The number of rotatable bonds is 5. The molecular formula is C11H10N2O5S2. The largest absolute Gasteiger partial charge is 0.495 e. The first-order chi connectivity index (χ1) is 9.56. The number of methoxy groups -OCH3 is 1. The Morgan fingerprint density at radius 1 is 1.40 bits per heavy atom. The van der Waals surface area contributed by atoms with Gasteiger partial charge in [0.25, 0.3) is 0 Å². The van der Waals surface area contributed by atoms with Gasteiger partial charge in [-0.25, -0.2) is 22.5 Å². The van der Waals surface area contributed by atoms with Crippen molar-refractivity contribution >= 4 is 38.9 Å². The lowest BCUT2D eigenvalue weighted by molar-refractivity contribution is 0.0692. The smallest absolute Gasteiger partial charge is 0.357 e. The fourth-order valence-corrected chi connectivity index (χ4v) is 3.25. The predicted octanol–water partition coefficient (Wildman–Crippen LogP) is 1.51. The molecule has 0 saturated carbocycles. The number of hydrogen-bond donors (Lipinski definition) is 2. The summed E-state index contributed by atoms with van der Waals surface area (Å²) in [5.41, 5.74) is 1.19. The Bertz CT molecular complexity index is 702. The minimum Gasteiger partial charge on any atom is -0.495 e. The highest BCUT2D eigenvalue weighted by atomic mass is 32.2. The van der Waals surface area contributed by atoms with Crippen molar-refractivity contribution in [2.24, 2.45) is 0 Å². The van der Waals surface area contributed by atoms with E-state index in [1.54, 1.807) is 18.2 Å². The second-order valence-electron chi connectivity index (χ2n) is 3.53. The number of aromatic carboxylic acids is 1. The number of para-hydroxylation sites is 2. The summed E-state index contributed by atoms with van der Waals surface area (Å²) < 4.78 is 29.1. The molecule has 0 aliphatic rings. The maximum Gasteiger partial charge on any atom is 0.357 e. The Hall–Kier alpha value is -2.13. The van der Waals surface area contributed by atoms with Crippen molar-refractivity contribution in [3.05, 3.63) is 35.5 Å². The van der Waals surface area contributed by atoms with Crippen LogP contribution in [-0.2, 0) is 10.9 Å². The molecule has 0 saturated heterocycles. The summed E-state index contributed by atoms with van der Waals surface area (Å²) >= 11 is 0.923. The molecule has 106 valence electrons. The van der Waals surface area contributed by atoms with Crippen molar-refractivity contribution in [1.82, 2.24) is 4.98 Å². The number of thiazole rings is 1. The summed E-state index contributed by atoms with van der Waals surface area (Å²) in [7, 11) is -1.69. The van der Waals surface area contributed by atoms with Gasteiger partial charge in [-0.3, -0.25) is 0 Å². The molecule has 0 spiro atoms. The van der Waals surface area contributed by atoms with Gasteiger partial charge in [0.1, 0.15) is 10.8 Å². The van der Waals surface area contributed by atoms with Crippen LogP contribution in [0.15, 0.2) is 29.8 Å². The van der Waals surface area contributed by atoms with Crippen molar-refractivity contribution in [1.29, 1.82) is 0 Å². The van der Waals surface area contributed by atoms with E-state index in [9.17, 15) is 13.2 Å². The zero-order valence-electron chi connectivity index (χ0n) is 10.2. The number of nitrogens with zero attached hydrogens (tertiary/aromatic N) is 2. The number of thiol groups is 1. The highest BCUT2D eigenvalue weighted by Gasteiger charge is 2.24. The molecule has 1 aromatic heterocycles. The number of aromatic nitrogens is 1. The zero-order chi connectivity index (χ0) is 14.7. The van der Waals surface area contributed by atoms with Crippen LogP contribution in [0.5, 0.6) is 5.75 Å². The van der Waals surface area contributed by atoms with Crippen molar-refractivity contribution in [2.45, 2.75) is 0 Å². The van der Waals surface area contributed by atoms with Crippen molar-refractivity contribution in [3.8, 4) is 5.75 Å². The van der Waals surface area contributed by atoms with E-state index in [1.807, 2.05) is 0 Å². The van der Waals surface area contributed by atoms with E-state index in [1.165, 1.54) is 18.7 Å². The number of carboxylic acids is 1. The molecule has 9 heteroatoms. The Balaban J connectivity index is 2.63. The monoisotopic (exact) mass is 314 g/mol.